The van der Waals surface area contributed by atoms with Gasteiger partial charge in [-0.25, -0.2) is 8.42 Å². The molecule has 0 aliphatic carbocycles. The average molecular weight is 499 g/mol. The van der Waals surface area contributed by atoms with E-state index in [1.54, 1.807) is 16.4 Å². The lowest BCUT2D eigenvalue weighted by Crippen LogP contribution is -2.46. The Morgan fingerprint density at radius 1 is 0.857 bits per heavy atom. The number of hydrogen-bond donors (Lipinski definition) is 1. The highest BCUT2D eigenvalue weighted by Crippen LogP contribution is 2.27. The number of aryl methyl sites for hydroxylation is 1. The lowest BCUT2D eigenvalue weighted by Gasteiger charge is -2.36. The molecule has 2 aromatic carbocycles. The summed E-state index contributed by atoms with van der Waals surface area (Å²) in [5.41, 5.74) is 2.87. The van der Waals surface area contributed by atoms with Crippen molar-refractivity contribution < 1.29 is 13.2 Å². The molecule has 1 N–H and O–H groups in total. The first kappa shape index (κ1) is 25.7. The molecule has 0 atom stereocenters. The molecule has 0 spiro atoms. The van der Waals surface area contributed by atoms with Gasteiger partial charge in [0, 0.05) is 45.7 Å². The van der Waals surface area contributed by atoms with Crippen molar-refractivity contribution in [1.29, 1.82) is 0 Å². The molecule has 7 nitrogen and oxygen atoms in total. The highest BCUT2D eigenvalue weighted by molar-refractivity contribution is 7.89. The summed E-state index contributed by atoms with van der Waals surface area (Å²) in [4.78, 5) is 17.9. The molecule has 35 heavy (non-hydrogen) atoms. The van der Waals surface area contributed by atoms with E-state index in [4.69, 9.17) is 0 Å². The van der Waals surface area contributed by atoms with Gasteiger partial charge < -0.3 is 15.1 Å². The molecule has 2 fully saturated rings. The fraction of sp³-hybridized carbons (Fsp3) is 0.519. The summed E-state index contributed by atoms with van der Waals surface area (Å²) in [5, 5.41) is 3.09. The third kappa shape index (κ3) is 6.63. The number of para-hydroxylation sites is 2. The summed E-state index contributed by atoms with van der Waals surface area (Å²) in [6.07, 6.45) is 4.93. The van der Waals surface area contributed by atoms with Crippen LogP contribution in [0.3, 0.4) is 0 Å². The van der Waals surface area contributed by atoms with E-state index in [1.807, 2.05) is 30.3 Å². The van der Waals surface area contributed by atoms with Gasteiger partial charge in [0.2, 0.25) is 15.9 Å². The molecule has 2 heterocycles. The van der Waals surface area contributed by atoms with Gasteiger partial charge in [0.15, 0.2) is 0 Å². The minimum atomic E-state index is -3.45. The van der Waals surface area contributed by atoms with E-state index >= 15 is 0 Å². The van der Waals surface area contributed by atoms with Gasteiger partial charge in [-0.1, -0.05) is 44.0 Å². The van der Waals surface area contributed by atoms with Crippen molar-refractivity contribution in [2.75, 3.05) is 56.0 Å². The second kappa shape index (κ2) is 12.0. The Balaban J connectivity index is 1.32. The Morgan fingerprint density at radius 2 is 1.51 bits per heavy atom. The lowest BCUT2D eigenvalue weighted by molar-refractivity contribution is -0.116. The van der Waals surface area contributed by atoms with Crippen LogP contribution < -0.4 is 10.2 Å². The van der Waals surface area contributed by atoms with Crippen LogP contribution >= 0.6 is 0 Å². The molecular weight excluding hydrogens is 460 g/mol. The number of benzene rings is 2. The number of rotatable bonds is 8. The van der Waals surface area contributed by atoms with Crippen LogP contribution in [-0.4, -0.2) is 69.3 Å². The fourth-order valence-corrected chi connectivity index (χ4v) is 6.41. The van der Waals surface area contributed by atoms with Crippen molar-refractivity contribution in [3.05, 3.63) is 54.1 Å². The van der Waals surface area contributed by atoms with E-state index in [1.165, 1.54) is 0 Å². The molecule has 2 saturated heterocycles. The van der Waals surface area contributed by atoms with E-state index in [2.05, 4.69) is 28.1 Å². The van der Waals surface area contributed by atoms with Crippen molar-refractivity contribution >= 4 is 27.3 Å². The number of likely N-dealkylation sites (N-methyl/N-ethyl adjacent to an activating group) is 1. The maximum absolute atomic E-state index is 13.0. The smallest absolute Gasteiger partial charge is 0.243 e. The first-order valence-electron chi connectivity index (χ1n) is 12.9. The molecule has 0 saturated carbocycles. The maximum atomic E-state index is 13.0. The number of carbonyl (C=O) groups is 1. The van der Waals surface area contributed by atoms with Crippen LogP contribution in [-0.2, 0) is 21.2 Å². The van der Waals surface area contributed by atoms with Crippen molar-refractivity contribution in [2.24, 2.45) is 0 Å². The van der Waals surface area contributed by atoms with Crippen molar-refractivity contribution in [2.45, 2.75) is 50.3 Å². The van der Waals surface area contributed by atoms with Gasteiger partial charge in [0.25, 0.3) is 0 Å². The largest absolute Gasteiger partial charge is 0.367 e. The van der Waals surface area contributed by atoms with Crippen LogP contribution in [0.25, 0.3) is 0 Å². The second-order valence-electron chi connectivity index (χ2n) is 9.45. The molecule has 2 aliphatic rings. The Kier molecular flexibility index (Phi) is 8.81. The maximum Gasteiger partial charge on any atom is 0.243 e. The van der Waals surface area contributed by atoms with E-state index in [0.717, 1.165) is 75.3 Å². The Morgan fingerprint density at radius 3 is 2.17 bits per heavy atom. The number of nitrogens with zero attached hydrogens (tertiary/aromatic N) is 3. The lowest BCUT2D eigenvalue weighted by atomic mass is 10.1. The molecule has 4 rings (SSSR count). The average Bonchev–Trinajstić information content (AvgIpc) is 3.19. The molecule has 2 aliphatic heterocycles. The molecule has 0 bridgehead atoms. The summed E-state index contributed by atoms with van der Waals surface area (Å²) in [7, 11) is -3.45. The van der Waals surface area contributed by atoms with Gasteiger partial charge in [-0.3, -0.25) is 4.79 Å². The Bertz CT molecular complexity index is 1070. The third-order valence-corrected chi connectivity index (χ3v) is 9.02. The summed E-state index contributed by atoms with van der Waals surface area (Å²) in [5.74, 6) is -0.0362. The van der Waals surface area contributed by atoms with Gasteiger partial charge in [0.05, 0.1) is 16.3 Å². The van der Waals surface area contributed by atoms with Gasteiger partial charge in [-0.15, -0.1) is 0 Å². The van der Waals surface area contributed by atoms with Crippen LogP contribution in [0.5, 0.6) is 0 Å². The molecule has 190 valence electrons. The first-order chi connectivity index (χ1) is 17.0. The van der Waals surface area contributed by atoms with E-state index in [0.29, 0.717) is 30.8 Å². The number of amides is 1. The van der Waals surface area contributed by atoms with Crippen LogP contribution in [0.2, 0.25) is 0 Å². The summed E-state index contributed by atoms with van der Waals surface area (Å²) < 4.78 is 27.6. The van der Waals surface area contributed by atoms with Crippen LogP contribution in [0.15, 0.2) is 53.4 Å². The summed E-state index contributed by atoms with van der Waals surface area (Å²) in [6.45, 7) is 8.41. The molecule has 0 aromatic heterocycles. The van der Waals surface area contributed by atoms with E-state index in [-0.39, 0.29) is 5.91 Å². The fourth-order valence-electron chi connectivity index (χ4n) is 4.89. The summed E-state index contributed by atoms with van der Waals surface area (Å²) >= 11 is 0. The predicted molar refractivity (Wildman–Crippen MR) is 141 cm³/mol. The topological polar surface area (TPSA) is 73.0 Å². The normalized spacial score (nSPS) is 18.3. The molecular formula is C27H38N4O3S. The Labute approximate surface area is 210 Å². The zero-order valence-electron chi connectivity index (χ0n) is 20.8. The summed E-state index contributed by atoms with van der Waals surface area (Å²) in [6, 6.07) is 15.0. The molecule has 0 unspecified atom stereocenters. The monoisotopic (exact) mass is 498 g/mol. The molecule has 2 aromatic rings. The number of carbonyl (C=O) groups excluding carboxylic acids is 1. The minimum Gasteiger partial charge on any atom is -0.367 e. The number of sulfonamides is 1. The van der Waals surface area contributed by atoms with Gasteiger partial charge in [-0.05, 0) is 55.6 Å². The third-order valence-electron chi connectivity index (χ3n) is 7.11. The highest BCUT2D eigenvalue weighted by atomic mass is 32.2. The van der Waals surface area contributed by atoms with E-state index in [9.17, 15) is 13.2 Å². The second-order valence-corrected chi connectivity index (χ2v) is 11.4. The SMILES string of the molecule is CCN1CCN(c2ccccc2NC(=O)CCc2ccc(S(=O)(=O)N3CCCCCC3)cc2)CC1. The van der Waals surface area contributed by atoms with Crippen LogP contribution in [0.4, 0.5) is 11.4 Å². The standard InChI is InChI=1S/C27H38N4O3S/c1-2-29-19-21-30(22-20-29)26-10-6-5-9-25(26)28-27(32)16-13-23-11-14-24(15-12-23)35(33,34)31-17-7-3-4-8-18-31/h5-6,9-12,14-15H,2-4,7-8,13,16-22H2,1H3,(H,28,32). The van der Waals surface area contributed by atoms with Gasteiger partial charge >= 0.3 is 0 Å². The number of nitrogens with one attached hydrogen (secondary N) is 1. The minimum absolute atomic E-state index is 0.0362. The number of piperazine rings is 1. The van der Waals surface area contributed by atoms with Gasteiger partial charge in [-0.2, -0.15) is 4.31 Å². The first-order valence-corrected chi connectivity index (χ1v) is 14.4. The zero-order valence-corrected chi connectivity index (χ0v) is 21.6. The van der Waals surface area contributed by atoms with Crippen LogP contribution in [0.1, 0.15) is 44.6 Å². The quantitative estimate of drug-likeness (QED) is 0.596. The van der Waals surface area contributed by atoms with Crippen molar-refractivity contribution in [3.8, 4) is 0 Å². The number of hydrogen-bond acceptors (Lipinski definition) is 5. The predicted octanol–water partition coefficient (Wildman–Crippen LogP) is 3.96. The molecule has 8 heteroatoms. The Hall–Kier alpha value is -2.42. The van der Waals surface area contributed by atoms with E-state index < -0.39 is 10.0 Å². The highest BCUT2D eigenvalue weighted by Gasteiger charge is 2.25. The van der Waals surface area contributed by atoms with Gasteiger partial charge in [0.1, 0.15) is 0 Å². The van der Waals surface area contributed by atoms with Crippen LogP contribution in [0, 0.1) is 0 Å². The molecule has 0 radical (unpaired) electrons. The molecule has 1 amide bonds. The van der Waals surface area contributed by atoms with Crippen molar-refractivity contribution in [1.82, 2.24) is 9.21 Å². The zero-order chi connectivity index (χ0) is 24.7. The number of anilines is 2. The van der Waals surface area contributed by atoms with Crippen molar-refractivity contribution in [3.63, 3.8) is 0 Å².